The van der Waals surface area contributed by atoms with E-state index in [9.17, 15) is 9.90 Å². The number of aliphatic hydroxyl groups excluding tert-OH is 1. The van der Waals surface area contributed by atoms with E-state index in [-0.39, 0.29) is 18.7 Å². The van der Waals surface area contributed by atoms with Crippen molar-refractivity contribution in [2.24, 2.45) is 0 Å². The number of nitrogens with two attached hydrogens (primary N) is 1. The molecule has 23 heavy (non-hydrogen) atoms. The summed E-state index contributed by atoms with van der Waals surface area (Å²) < 4.78 is 5.43. The number of nitrogen functional groups attached to an aromatic ring is 1. The van der Waals surface area contributed by atoms with Crippen LogP contribution in [0.2, 0.25) is 0 Å². The van der Waals surface area contributed by atoms with E-state index >= 15 is 0 Å². The van der Waals surface area contributed by atoms with E-state index in [1.54, 1.807) is 18.0 Å². The first-order valence-corrected chi connectivity index (χ1v) is 7.91. The Bertz CT molecular complexity index is 569. The van der Waals surface area contributed by atoms with E-state index < -0.39 is 5.60 Å². The minimum atomic E-state index is -0.495. The van der Waals surface area contributed by atoms with E-state index in [0.717, 1.165) is 24.2 Å². The number of benzene rings is 1. The van der Waals surface area contributed by atoms with Crippen molar-refractivity contribution in [3.05, 3.63) is 23.8 Å². The molecule has 1 saturated heterocycles. The molecule has 1 aliphatic rings. The fraction of sp³-hybridized carbons (Fsp3) is 0.588. The van der Waals surface area contributed by atoms with E-state index in [4.69, 9.17) is 10.5 Å². The second kappa shape index (κ2) is 6.66. The SMILES string of the molecule is CN(C(=O)OC(C)(C)C)C1CCN(c2ccc(N)cc2CO)C1. The number of rotatable bonds is 3. The van der Waals surface area contributed by atoms with Crippen LogP contribution in [0.5, 0.6) is 0 Å². The summed E-state index contributed by atoms with van der Waals surface area (Å²) in [5.74, 6) is 0. The number of aliphatic hydroxyl groups is 1. The average molecular weight is 321 g/mol. The molecule has 0 radical (unpaired) electrons. The van der Waals surface area contributed by atoms with Gasteiger partial charge in [0.2, 0.25) is 0 Å². The maximum Gasteiger partial charge on any atom is 0.410 e. The number of amides is 1. The molecule has 1 unspecified atom stereocenters. The molecule has 1 aliphatic heterocycles. The van der Waals surface area contributed by atoms with Crippen LogP contribution in [0.4, 0.5) is 16.2 Å². The van der Waals surface area contributed by atoms with Gasteiger partial charge in [-0.15, -0.1) is 0 Å². The van der Waals surface area contributed by atoms with Crippen molar-refractivity contribution < 1.29 is 14.6 Å². The Morgan fingerprint density at radius 3 is 2.78 bits per heavy atom. The van der Waals surface area contributed by atoms with Gasteiger partial charge in [-0.3, -0.25) is 0 Å². The van der Waals surface area contributed by atoms with Gasteiger partial charge in [0.25, 0.3) is 0 Å². The number of carbonyl (C=O) groups is 1. The molecule has 0 aromatic heterocycles. The van der Waals surface area contributed by atoms with Crippen molar-refractivity contribution in [2.75, 3.05) is 30.8 Å². The minimum Gasteiger partial charge on any atom is -0.444 e. The van der Waals surface area contributed by atoms with E-state index in [2.05, 4.69) is 4.90 Å². The minimum absolute atomic E-state index is 0.0521. The lowest BCUT2D eigenvalue weighted by Gasteiger charge is -2.29. The average Bonchev–Trinajstić information content (AvgIpc) is 2.93. The van der Waals surface area contributed by atoms with Crippen molar-refractivity contribution >= 4 is 17.5 Å². The van der Waals surface area contributed by atoms with Gasteiger partial charge in [-0.25, -0.2) is 4.79 Å². The smallest absolute Gasteiger partial charge is 0.410 e. The molecule has 1 aromatic carbocycles. The molecular formula is C17H27N3O3. The van der Waals surface area contributed by atoms with Crippen molar-refractivity contribution in [1.29, 1.82) is 0 Å². The summed E-state index contributed by atoms with van der Waals surface area (Å²) in [6.07, 6.45) is 0.564. The summed E-state index contributed by atoms with van der Waals surface area (Å²) in [6.45, 7) is 7.08. The van der Waals surface area contributed by atoms with Gasteiger partial charge in [-0.2, -0.15) is 0 Å². The zero-order valence-electron chi connectivity index (χ0n) is 14.4. The molecule has 2 rings (SSSR count). The second-order valence-corrected chi connectivity index (χ2v) is 7.03. The van der Waals surface area contributed by atoms with Gasteiger partial charge in [-0.05, 0) is 45.4 Å². The molecule has 0 saturated carbocycles. The zero-order chi connectivity index (χ0) is 17.2. The lowest BCUT2D eigenvalue weighted by molar-refractivity contribution is 0.0238. The first-order chi connectivity index (χ1) is 10.7. The van der Waals surface area contributed by atoms with Crippen LogP contribution in [-0.4, -0.2) is 47.9 Å². The first kappa shape index (κ1) is 17.4. The molecule has 1 aromatic rings. The molecule has 1 heterocycles. The molecule has 0 bridgehead atoms. The lowest BCUT2D eigenvalue weighted by atomic mass is 10.1. The molecule has 1 atom stereocenters. The van der Waals surface area contributed by atoms with Crippen LogP contribution in [0.3, 0.4) is 0 Å². The van der Waals surface area contributed by atoms with Gasteiger partial charge < -0.3 is 25.4 Å². The summed E-state index contributed by atoms with van der Waals surface area (Å²) in [6, 6.07) is 5.64. The van der Waals surface area contributed by atoms with E-state index in [1.807, 2.05) is 32.9 Å². The van der Waals surface area contributed by atoms with Gasteiger partial charge in [0, 0.05) is 37.1 Å². The third-order valence-corrected chi connectivity index (χ3v) is 4.01. The highest BCUT2D eigenvalue weighted by Crippen LogP contribution is 2.28. The number of hydrogen-bond acceptors (Lipinski definition) is 5. The predicted octanol–water partition coefficient (Wildman–Crippen LogP) is 2.21. The number of nitrogens with zero attached hydrogens (tertiary/aromatic N) is 2. The van der Waals surface area contributed by atoms with Crippen molar-refractivity contribution in [1.82, 2.24) is 4.90 Å². The molecule has 1 fully saturated rings. The van der Waals surface area contributed by atoms with Crippen LogP contribution in [0.25, 0.3) is 0 Å². The van der Waals surface area contributed by atoms with Crippen molar-refractivity contribution in [3.8, 4) is 0 Å². The van der Waals surface area contributed by atoms with Crippen molar-refractivity contribution in [2.45, 2.75) is 45.4 Å². The van der Waals surface area contributed by atoms with Crippen LogP contribution in [0.1, 0.15) is 32.8 Å². The number of likely N-dealkylation sites (N-methyl/N-ethyl adjacent to an activating group) is 1. The highest BCUT2D eigenvalue weighted by Gasteiger charge is 2.31. The first-order valence-electron chi connectivity index (χ1n) is 7.91. The number of anilines is 2. The van der Waals surface area contributed by atoms with E-state index in [0.29, 0.717) is 12.2 Å². The maximum atomic E-state index is 12.2. The number of carbonyl (C=O) groups excluding carboxylic acids is 1. The molecular weight excluding hydrogens is 294 g/mol. The Balaban J connectivity index is 2.05. The molecule has 0 spiro atoms. The maximum absolute atomic E-state index is 12.2. The Morgan fingerprint density at radius 1 is 1.48 bits per heavy atom. The molecule has 128 valence electrons. The van der Waals surface area contributed by atoms with Gasteiger partial charge >= 0.3 is 6.09 Å². The largest absolute Gasteiger partial charge is 0.444 e. The Kier molecular flexibility index (Phi) is 5.04. The summed E-state index contributed by atoms with van der Waals surface area (Å²) >= 11 is 0. The van der Waals surface area contributed by atoms with E-state index in [1.165, 1.54) is 0 Å². The fourth-order valence-corrected chi connectivity index (χ4v) is 2.80. The summed E-state index contributed by atoms with van der Waals surface area (Å²) in [7, 11) is 1.78. The quantitative estimate of drug-likeness (QED) is 0.835. The molecule has 6 heteroatoms. The summed E-state index contributed by atoms with van der Waals surface area (Å²) in [5.41, 5.74) is 7.70. The molecule has 3 N–H and O–H groups in total. The lowest BCUT2D eigenvalue weighted by Crippen LogP contribution is -2.42. The van der Waals surface area contributed by atoms with Crippen LogP contribution in [-0.2, 0) is 11.3 Å². The number of ether oxygens (including phenoxy) is 1. The number of hydrogen-bond donors (Lipinski definition) is 2. The summed E-state index contributed by atoms with van der Waals surface area (Å²) in [4.78, 5) is 16.0. The predicted molar refractivity (Wildman–Crippen MR) is 91.4 cm³/mol. The van der Waals surface area contributed by atoms with Gasteiger partial charge in [0.15, 0.2) is 0 Å². The highest BCUT2D eigenvalue weighted by molar-refractivity contribution is 5.68. The van der Waals surface area contributed by atoms with Crippen molar-refractivity contribution in [3.63, 3.8) is 0 Å². The molecule has 1 amide bonds. The third kappa shape index (κ3) is 4.28. The second-order valence-electron chi connectivity index (χ2n) is 7.03. The standard InChI is InChI=1S/C17H27N3O3/c1-17(2,3)23-16(22)19(4)14-7-8-20(10-14)15-6-5-13(18)9-12(15)11-21/h5-6,9,14,21H,7-8,10-11,18H2,1-4H3. The molecule has 6 nitrogen and oxygen atoms in total. The van der Waals surface area contributed by atoms with Gasteiger partial charge in [0.1, 0.15) is 5.60 Å². The Morgan fingerprint density at radius 2 is 2.17 bits per heavy atom. The zero-order valence-corrected chi connectivity index (χ0v) is 14.4. The van der Waals surface area contributed by atoms with Crippen LogP contribution in [0, 0.1) is 0 Å². The topological polar surface area (TPSA) is 79.0 Å². The van der Waals surface area contributed by atoms with Gasteiger partial charge in [0.05, 0.1) is 12.6 Å². The summed E-state index contributed by atoms with van der Waals surface area (Å²) in [5, 5.41) is 9.53. The molecule has 0 aliphatic carbocycles. The highest BCUT2D eigenvalue weighted by atomic mass is 16.6. The Labute approximate surface area is 137 Å². The van der Waals surface area contributed by atoms with Crippen LogP contribution >= 0.6 is 0 Å². The van der Waals surface area contributed by atoms with Gasteiger partial charge in [-0.1, -0.05) is 0 Å². The van der Waals surface area contributed by atoms with Crippen LogP contribution < -0.4 is 10.6 Å². The fourth-order valence-electron chi connectivity index (χ4n) is 2.80. The normalized spacial score (nSPS) is 18.1. The third-order valence-electron chi connectivity index (χ3n) is 4.01. The monoisotopic (exact) mass is 321 g/mol. The van der Waals surface area contributed by atoms with Crippen LogP contribution in [0.15, 0.2) is 18.2 Å². The Hall–Kier alpha value is -1.95.